The average molecular weight is 388 g/mol. The molecule has 0 bridgehead atoms. The van der Waals surface area contributed by atoms with Gasteiger partial charge in [-0.05, 0) is 34.3 Å². The van der Waals surface area contributed by atoms with Crippen LogP contribution in [0.4, 0.5) is 0 Å². The van der Waals surface area contributed by atoms with E-state index in [1.165, 1.54) is 25.7 Å². The van der Waals surface area contributed by atoms with E-state index in [2.05, 4.69) is 20.9 Å². The molecule has 2 heterocycles. The molecule has 0 saturated carbocycles. The third-order valence-corrected chi connectivity index (χ3v) is 3.08. The fourth-order valence-corrected chi connectivity index (χ4v) is 2.43. The SMILES string of the molecule is S=C([S-])NN1CCCC1.S=C([S-])NN1CCCC1.[Zn+2]. The molecule has 0 aromatic carbocycles. The third kappa shape index (κ3) is 10.2. The minimum absolute atomic E-state index is 0. The van der Waals surface area contributed by atoms with Crippen LogP contribution in [0.15, 0.2) is 0 Å². The van der Waals surface area contributed by atoms with Crippen molar-refractivity contribution < 1.29 is 19.5 Å². The molecule has 2 aliphatic heterocycles. The van der Waals surface area contributed by atoms with Gasteiger partial charge in [0.15, 0.2) is 0 Å². The van der Waals surface area contributed by atoms with Crippen LogP contribution in [0.25, 0.3) is 0 Å². The second-order valence-electron chi connectivity index (χ2n) is 4.19. The Morgan fingerprint density at radius 3 is 1.21 bits per heavy atom. The molecule has 0 atom stereocenters. The largest absolute Gasteiger partial charge is 2.00 e. The molecular formula is C10H18N4S4Zn. The van der Waals surface area contributed by atoms with Gasteiger partial charge in [-0.2, -0.15) is 0 Å². The van der Waals surface area contributed by atoms with Crippen LogP contribution in [0.3, 0.4) is 0 Å². The van der Waals surface area contributed by atoms with E-state index in [4.69, 9.17) is 49.7 Å². The van der Waals surface area contributed by atoms with E-state index in [0.29, 0.717) is 8.64 Å². The molecule has 2 rings (SSSR count). The zero-order valence-electron chi connectivity index (χ0n) is 10.9. The van der Waals surface area contributed by atoms with E-state index in [9.17, 15) is 0 Å². The summed E-state index contributed by atoms with van der Waals surface area (Å²) in [6, 6.07) is 0. The number of hydrazine groups is 2. The fourth-order valence-electron chi connectivity index (χ4n) is 1.92. The molecule has 2 N–H and O–H groups in total. The summed E-state index contributed by atoms with van der Waals surface area (Å²) in [4.78, 5) is 0. The summed E-state index contributed by atoms with van der Waals surface area (Å²) >= 11 is 18.8. The Kier molecular flexibility index (Phi) is 11.9. The second-order valence-corrected chi connectivity index (χ2v) is 6.34. The predicted octanol–water partition coefficient (Wildman–Crippen LogP) is 0.835. The van der Waals surface area contributed by atoms with Crippen LogP contribution < -0.4 is 10.9 Å². The van der Waals surface area contributed by atoms with Crippen molar-refractivity contribution in [3.05, 3.63) is 0 Å². The molecule has 0 aromatic rings. The number of thiocarbonyl (C=S) groups is 2. The number of nitrogens with one attached hydrogen (secondary N) is 2. The van der Waals surface area contributed by atoms with Crippen LogP contribution >= 0.6 is 24.4 Å². The topological polar surface area (TPSA) is 30.5 Å². The average Bonchev–Trinajstić information content (AvgIpc) is 2.90. The van der Waals surface area contributed by atoms with Gasteiger partial charge in [-0.1, -0.05) is 0 Å². The summed E-state index contributed by atoms with van der Waals surface area (Å²) in [6.45, 7) is 4.32. The Balaban J connectivity index is 0.000000324. The monoisotopic (exact) mass is 386 g/mol. The summed E-state index contributed by atoms with van der Waals surface area (Å²) in [5, 5.41) is 4.13. The van der Waals surface area contributed by atoms with E-state index >= 15 is 0 Å². The van der Waals surface area contributed by atoms with Crippen molar-refractivity contribution in [1.82, 2.24) is 20.9 Å². The minimum Gasteiger partial charge on any atom is -0.410 e. The summed E-state index contributed by atoms with van der Waals surface area (Å²) in [5.74, 6) is 0. The number of nitrogens with zero attached hydrogens (tertiary/aromatic N) is 2. The van der Waals surface area contributed by atoms with Gasteiger partial charge in [0.1, 0.15) is 0 Å². The van der Waals surface area contributed by atoms with Gasteiger partial charge in [-0.15, -0.1) is 0 Å². The predicted molar refractivity (Wildman–Crippen MR) is 87.8 cm³/mol. The molecular weight excluding hydrogens is 370 g/mol. The molecule has 0 radical (unpaired) electrons. The van der Waals surface area contributed by atoms with Crippen molar-refractivity contribution in [3.63, 3.8) is 0 Å². The van der Waals surface area contributed by atoms with Gasteiger partial charge in [-0.25, -0.2) is 10.0 Å². The van der Waals surface area contributed by atoms with Gasteiger partial charge >= 0.3 is 19.5 Å². The number of rotatable bonds is 2. The molecule has 2 fully saturated rings. The Hall–Kier alpha value is 0.763. The van der Waals surface area contributed by atoms with Gasteiger partial charge in [0, 0.05) is 26.2 Å². The zero-order chi connectivity index (χ0) is 13.4. The fraction of sp³-hybridized carbons (Fsp3) is 0.800. The van der Waals surface area contributed by atoms with Crippen molar-refractivity contribution in [2.24, 2.45) is 0 Å². The molecule has 104 valence electrons. The maximum atomic E-state index is 4.69. The van der Waals surface area contributed by atoms with Crippen LogP contribution in [0, 0.1) is 0 Å². The third-order valence-electron chi connectivity index (χ3n) is 2.71. The molecule has 19 heavy (non-hydrogen) atoms. The minimum atomic E-state index is 0. The molecule has 0 spiro atoms. The van der Waals surface area contributed by atoms with Gasteiger partial charge < -0.3 is 60.5 Å². The van der Waals surface area contributed by atoms with Crippen LogP contribution in [-0.4, -0.2) is 44.8 Å². The van der Waals surface area contributed by atoms with Gasteiger partial charge in [-0.3, -0.25) is 0 Å². The molecule has 4 nitrogen and oxygen atoms in total. The Labute approximate surface area is 149 Å². The zero-order valence-corrected chi connectivity index (χ0v) is 17.1. The summed E-state index contributed by atoms with van der Waals surface area (Å²) in [7, 11) is 0. The number of hydrogen-bond acceptors (Lipinski definition) is 6. The van der Waals surface area contributed by atoms with Gasteiger partial charge in [0.2, 0.25) is 0 Å². The first-order chi connectivity index (χ1) is 8.58. The first-order valence-electron chi connectivity index (χ1n) is 6.03. The molecule has 2 saturated heterocycles. The molecule has 9 heteroatoms. The van der Waals surface area contributed by atoms with E-state index in [0.717, 1.165) is 26.2 Å². The first kappa shape index (κ1) is 19.8. The van der Waals surface area contributed by atoms with Crippen LogP contribution in [0.5, 0.6) is 0 Å². The number of hydrogen-bond donors (Lipinski definition) is 2. The smallest absolute Gasteiger partial charge is 0.410 e. The maximum absolute atomic E-state index is 4.69. The van der Waals surface area contributed by atoms with Gasteiger partial charge in [0.25, 0.3) is 0 Å². The van der Waals surface area contributed by atoms with Crippen LogP contribution in [0.1, 0.15) is 25.7 Å². The molecule has 0 unspecified atom stereocenters. The standard InChI is InChI=1S/2C5H10N2S2.Zn/c2*8-5(9)6-7-3-1-2-4-7;/h2*1-4H2,(H2,6,8,9);/q;;+2/p-2. The molecule has 0 aliphatic carbocycles. The van der Waals surface area contributed by atoms with E-state index in [1.54, 1.807) is 0 Å². The van der Waals surface area contributed by atoms with Crippen molar-refractivity contribution in [3.8, 4) is 0 Å². The van der Waals surface area contributed by atoms with E-state index < -0.39 is 0 Å². The quantitative estimate of drug-likeness (QED) is 0.409. The van der Waals surface area contributed by atoms with E-state index in [1.807, 2.05) is 0 Å². The van der Waals surface area contributed by atoms with Crippen LogP contribution in [-0.2, 0) is 44.7 Å². The molecule has 0 aromatic heterocycles. The van der Waals surface area contributed by atoms with Gasteiger partial charge in [0.05, 0.1) is 0 Å². The Morgan fingerprint density at radius 2 is 1.00 bits per heavy atom. The van der Waals surface area contributed by atoms with Crippen molar-refractivity contribution >= 4 is 58.3 Å². The van der Waals surface area contributed by atoms with Crippen molar-refractivity contribution in [2.75, 3.05) is 26.2 Å². The van der Waals surface area contributed by atoms with Crippen molar-refractivity contribution in [2.45, 2.75) is 25.7 Å². The first-order valence-corrected chi connectivity index (χ1v) is 7.66. The van der Waals surface area contributed by atoms with Crippen molar-refractivity contribution in [1.29, 1.82) is 0 Å². The molecule has 2 aliphatic rings. The Morgan fingerprint density at radius 1 is 0.737 bits per heavy atom. The van der Waals surface area contributed by atoms with Crippen LogP contribution in [0.2, 0.25) is 0 Å². The maximum Gasteiger partial charge on any atom is 2.00 e. The Bertz CT molecular complexity index is 253. The molecule has 0 amide bonds. The normalized spacial score (nSPS) is 18.9. The summed E-state index contributed by atoms with van der Waals surface area (Å²) < 4.78 is 0.911. The summed E-state index contributed by atoms with van der Waals surface area (Å²) in [5.41, 5.74) is 5.84. The second kappa shape index (κ2) is 11.4. The summed E-state index contributed by atoms with van der Waals surface area (Å²) in [6.07, 6.45) is 5.02. The van der Waals surface area contributed by atoms with E-state index in [-0.39, 0.29) is 19.5 Å².